The lowest BCUT2D eigenvalue weighted by Gasteiger charge is -2.25. The van der Waals surface area contributed by atoms with E-state index in [1.807, 2.05) is 18.9 Å². The van der Waals surface area contributed by atoms with E-state index in [0.717, 1.165) is 26.1 Å². The van der Waals surface area contributed by atoms with E-state index in [4.69, 9.17) is 24.4 Å². The molecule has 0 aromatic heterocycles. The molecule has 0 bridgehead atoms. The summed E-state index contributed by atoms with van der Waals surface area (Å²) in [7, 11) is 0. The normalized spacial score (nSPS) is 9.27. The van der Waals surface area contributed by atoms with Crippen LogP contribution >= 0.6 is 24.4 Å². The SMILES string of the molecule is CCCNC(=S)NN(CC)C(=S)NCC. The molecule has 3 N–H and O–H groups in total. The largest absolute Gasteiger partial charge is 0.361 e. The van der Waals surface area contributed by atoms with Crippen molar-refractivity contribution in [3.63, 3.8) is 0 Å². The molecule has 0 amide bonds. The van der Waals surface area contributed by atoms with Gasteiger partial charge in [-0.2, -0.15) is 0 Å². The third kappa shape index (κ3) is 6.46. The van der Waals surface area contributed by atoms with Gasteiger partial charge in [0.05, 0.1) is 0 Å². The van der Waals surface area contributed by atoms with Crippen LogP contribution in [0.25, 0.3) is 0 Å². The van der Waals surface area contributed by atoms with Gasteiger partial charge in [0, 0.05) is 19.6 Å². The number of nitrogens with zero attached hydrogens (tertiary/aromatic N) is 1. The Hall–Kier alpha value is -0.620. The summed E-state index contributed by atoms with van der Waals surface area (Å²) in [6, 6.07) is 0. The molecule has 6 heteroatoms. The summed E-state index contributed by atoms with van der Waals surface area (Å²) in [6.07, 6.45) is 1.05. The number of hydrogen-bond acceptors (Lipinski definition) is 2. The molecule has 0 rings (SSSR count). The summed E-state index contributed by atoms with van der Waals surface area (Å²) < 4.78 is 0. The number of thiocarbonyl (C=S) groups is 2. The zero-order valence-electron chi connectivity index (χ0n) is 9.59. The standard InChI is InChI=1S/C9H20N4S2/c1-4-7-11-8(14)12-13(6-3)9(15)10-5-2/h4-7H2,1-3H3,(H,10,15)(H2,11,12,14). The first-order chi connectivity index (χ1) is 7.15. The summed E-state index contributed by atoms with van der Waals surface area (Å²) in [6.45, 7) is 8.56. The summed E-state index contributed by atoms with van der Waals surface area (Å²) in [4.78, 5) is 0. The molecule has 0 aliphatic heterocycles. The van der Waals surface area contributed by atoms with E-state index in [-0.39, 0.29) is 0 Å². The van der Waals surface area contributed by atoms with Gasteiger partial charge in [0.2, 0.25) is 0 Å². The molecule has 0 radical (unpaired) electrons. The summed E-state index contributed by atoms with van der Waals surface area (Å²) >= 11 is 10.3. The maximum Gasteiger partial charge on any atom is 0.187 e. The summed E-state index contributed by atoms with van der Waals surface area (Å²) in [5, 5.41) is 9.24. The second kappa shape index (κ2) is 8.67. The Morgan fingerprint density at radius 2 is 1.80 bits per heavy atom. The van der Waals surface area contributed by atoms with Crippen molar-refractivity contribution in [2.24, 2.45) is 0 Å². The molecule has 4 nitrogen and oxygen atoms in total. The highest BCUT2D eigenvalue weighted by molar-refractivity contribution is 7.80. The molecule has 0 saturated heterocycles. The fraction of sp³-hybridized carbons (Fsp3) is 0.778. The monoisotopic (exact) mass is 248 g/mol. The van der Waals surface area contributed by atoms with Crippen molar-refractivity contribution in [1.29, 1.82) is 0 Å². The van der Waals surface area contributed by atoms with Gasteiger partial charge in [0.15, 0.2) is 10.2 Å². The van der Waals surface area contributed by atoms with E-state index in [1.165, 1.54) is 0 Å². The highest BCUT2D eigenvalue weighted by Gasteiger charge is 2.06. The number of hydrogen-bond donors (Lipinski definition) is 3. The Kier molecular flexibility index (Phi) is 8.31. The van der Waals surface area contributed by atoms with Gasteiger partial charge in [-0.1, -0.05) is 6.92 Å². The summed E-state index contributed by atoms with van der Waals surface area (Å²) in [5.74, 6) is 0. The van der Waals surface area contributed by atoms with Crippen LogP contribution in [0.15, 0.2) is 0 Å². The van der Waals surface area contributed by atoms with E-state index in [0.29, 0.717) is 10.2 Å². The van der Waals surface area contributed by atoms with Crippen molar-refractivity contribution in [2.75, 3.05) is 19.6 Å². The van der Waals surface area contributed by atoms with Crippen molar-refractivity contribution >= 4 is 34.7 Å². The molecular formula is C9H20N4S2. The fourth-order valence-corrected chi connectivity index (χ4v) is 1.45. The molecule has 88 valence electrons. The Morgan fingerprint density at radius 3 is 2.27 bits per heavy atom. The molecule has 15 heavy (non-hydrogen) atoms. The first-order valence-corrected chi connectivity index (χ1v) is 6.07. The molecule has 0 aliphatic carbocycles. The molecule has 0 atom stereocenters. The predicted molar refractivity (Wildman–Crippen MR) is 72.7 cm³/mol. The van der Waals surface area contributed by atoms with Crippen LogP contribution < -0.4 is 16.1 Å². The zero-order valence-corrected chi connectivity index (χ0v) is 11.2. The van der Waals surface area contributed by atoms with Gasteiger partial charge in [0.25, 0.3) is 0 Å². The quantitative estimate of drug-likeness (QED) is 0.509. The Bertz CT molecular complexity index is 208. The minimum atomic E-state index is 0.610. The van der Waals surface area contributed by atoms with Crippen LogP contribution in [0.1, 0.15) is 27.2 Å². The second-order valence-electron chi connectivity index (χ2n) is 2.95. The first-order valence-electron chi connectivity index (χ1n) is 5.25. The average molecular weight is 248 g/mol. The molecule has 0 aromatic rings. The van der Waals surface area contributed by atoms with Gasteiger partial charge < -0.3 is 10.6 Å². The lowest BCUT2D eigenvalue weighted by Crippen LogP contribution is -2.53. The van der Waals surface area contributed by atoms with E-state index in [2.05, 4.69) is 23.0 Å². The van der Waals surface area contributed by atoms with Gasteiger partial charge in [-0.15, -0.1) is 0 Å². The minimum Gasteiger partial charge on any atom is -0.361 e. The third-order valence-electron chi connectivity index (χ3n) is 1.66. The van der Waals surface area contributed by atoms with Gasteiger partial charge in [-0.25, -0.2) is 0 Å². The molecule has 0 aliphatic rings. The smallest absolute Gasteiger partial charge is 0.187 e. The van der Waals surface area contributed by atoms with Gasteiger partial charge in [-0.3, -0.25) is 10.4 Å². The van der Waals surface area contributed by atoms with E-state index in [1.54, 1.807) is 0 Å². The van der Waals surface area contributed by atoms with Crippen LogP contribution in [-0.4, -0.2) is 34.9 Å². The third-order valence-corrected chi connectivity index (χ3v) is 2.26. The number of hydrazine groups is 1. The Balaban J connectivity index is 3.97. The lowest BCUT2D eigenvalue weighted by molar-refractivity contribution is 0.387. The van der Waals surface area contributed by atoms with Crippen LogP contribution in [-0.2, 0) is 0 Å². The Morgan fingerprint density at radius 1 is 1.13 bits per heavy atom. The molecule has 0 fully saturated rings. The topological polar surface area (TPSA) is 39.3 Å². The zero-order chi connectivity index (χ0) is 11.7. The average Bonchev–Trinajstić information content (AvgIpc) is 2.23. The van der Waals surface area contributed by atoms with Crippen LogP contribution in [0.5, 0.6) is 0 Å². The number of rotatable bonds is 4. The summed E-state index contributed by atoms with van der Waals surface area (Å²) in [5.41, 5.74) is 3.04. The van der Waals surface area contributed by atoms with Crippen molar-refractivity contribution < 1.29 is 0 Å². The predicted octanol–water partition coefficient (Wildman–Crippen LogP) is 0.992. The van der Waals surface area contributed by atoms with E-state index >= 15 is 0 Å². The highest BCUT2D eigenvalue weighted by Crippen LogP contribution is 1.85. The van der Waals surface area contributed by atoms with Gasteiger partial charge in [-0.05, 0) is 44.7 Å². The maximum absolute atomic E-state index is 5.17. The van der Waals surface area contributed by atoms with Crippen molar-refractivity contribution in [1.82, 2.24) is 21.1 Å². The molecule has 0 heterocycles. The second-order valence-corrected chi connectivity index (χ2v) is 3.74. The van der Waals surface area contributed by atoms with E-state index < -0.39 is 0 Å². The van der Waals surface area contributed by atoms with Crippen molar-refractivity contribution in [2.45, 2.75) is 27.2 Å². The van der Waals surface area contributed by atoms with Crippen LogP contribution in [0.4, 0.5) is 0 Å². The first kappa shape index (κ1) is 14.4. The van der Waals surface area contributed by atoms with Crippen LogP contribution in [0.3, 0.4) is 0 Å². The molecule has 0 unspecified atom stereocenters. The molecule has 0 spiro atoms. The van der Waals surface area contributed by atoms with Crippen LogP contribution in [0, 0.1) is 0 Å². The fourth-order valence-electron chi connectivity index (χ4n) is 0.921. The highest BCUT2D eigenvalue weighted by atomic mass is 32.1. The van der Waals surface area contributed by atoms with Gasteiger partial charge in [0.1, 0.15) is 0 Å². The van der Waals surface area contributed by atoms with Crippen molar-refractivity contribution in [3.05, 3.63) is 0 Å². The molecular weight excluding hydrogens is 228 g/mol. The van der Waals surface area contributed by atoms with Crippen LogP contribution in [0.2, 0.25) is 0 Å². The Labute approximate surface area is 103 Å². The molecule has 0 saturated carbocycles. The number of nitrogens with one attached hydrogen (secondary N) is 3. The maximum atomic E-state index is 5.17. The van der Waals surface area contributed by atoms with E-state index in [9.17, 15) is 0 Å². The van der Waals surface area contributed by atoms with Gasteiger partial charge >= 0.3 is 0 Å². The lowest BCUT2D eigenvalue weighted by atomic mass is 10.5. The minimum absolute atomic E-state index is 0.610. The van der Waals surface area contributed by atoms with Crippen molar-refractivity contribution in [3.8, 4) is 0 Å². The molecule has 0 aromatic carbocycles.